The Hall–Kier alpha value is -3.54. The molecule has 1 aliphatic heterocycles. The van der Waals surface area contributed by atoms with Crippen LogP contribution in [0.2, 0.25) is 0 Å². The van der Waals surface area contributed by atoms with Gasteiger partial charge < -0.3 is 20.1 Å². The predicted octanol–water partition coefficient (Wildman–Crippen LogP) is 6.23. The second-order valence-corrected chi connectivity index (χ2v) is 7.18. The average molecular weight is 405 g/mol. The molecular weight excluding hydrogens is 376 g/mol. The van der Waals surface area contributed by atoms with Crippen LogP contribution in [0, 0.1) is 0 Å². The van der Waals surface area contributed by atoms with Crippen LogP contribution in [-0.4, -0.2) is 25.6 Å². The molecule has 2 N–H and O–H groups in total. The largest absolute Gasteiger partial charge is 0.497 e. The molecule has 0 bridgehead atoms. The molecule has 156 valence electrons. The van der Waals surface area contributed by atoms with Crippen molar-refractivity contribution in [2.45, 2.75) is 27.7 Å². The molecule has 0 saturated carbocycles. The number of aliphatic imine (C=N–C) groups is 2. The van der Waals surface area contributed by atoms with E-state index >= 15 is 0 Å². The third-order valence-corrected chi connectivity index (χ3v) is 4.52. The Labute approximate surface area is 178 Å². The van der Waals surface area contributed by atoms with Gasteiger partial charge in [0.1, 0.15) is 11.5 Å². The first-order valence-electron chi connectivity index (χ1n) is 9.75. The minimum Gasteiger partial charge on any atom is -0.497 e. The first-order chi connectivity index (χ1) is 14.4. The van der Waals surface area contributed by atoms with Crippen LogP contribution in [-0.2, 0) is 0 Å². The fourth-order valence-corrected chi connectivity index (χ4v) is 3.25. The quantitative estimate of drug-likeness (QED) is 0.622. The van der Waals surface area contributed by atoms with E-state index in [9.17, 15) is 0 Å². The van der Waals surface area contributed by atoms with E-state index in [4.69, 9.17) is 19.5 Å². The van der Waals surface area contributed by atoms with Crippen molar-refractivity contribution < 1.29 is 9.47 Å². The molecule has 1 aliphatic rings. The van der Waals surface area contributed by atoms with Gasteiger partial charge in [0.2, 0.25) is 0 Å². The van der Waals surface area contributed by atoms with Gasteiger partial charge in [-0.15, -0.1) is 0 Å². The minimum absolute atomic E-state index is 0.768. The van der Waals surface area contributed by atoms with Crippen molar-refractivity contribution in [3.63, 3.8) is 0 Å². The zero-order valence-corrected chi connectivity index (χ0v) is 18.3. The van der Waals surface area contributed by atoms with E-state index < -0.39 is 0 Å². The topological polar surface area (TPSA) is 67.2 Å². The van der Waals surface area contributed by atoms with Crippen LogP contribution in [0.25, 0.3) is 0 Å². The SMILES string of the molecule is COc1ccc2c(c1)N/C(C)=C\C(C)=Nc1ccc(OC)cc1N/C(C)=C\C(C)=N2. The highest BCUT2D eigenvalue weighted by Gasteiger charge is 2.08. The van der Waals surface area contributed by atoms with E-state index in [0.29, 0.717) is 0 Å². The van der Waals surface area contributed by atoms with Gasteiger partial charge >= 0.3 is 0 Å². The minimum atomic E-state index is 0.768. The molecule has 2 aromatic rings. The van der Waals surface area contributed by atoms with E-state index in [-0.39, 0.29) is 0 Å². The number of fused-ring (bicyclic) bond motifs is 2. The number of benzene rings is 2. The number of allylic oxidation sites excluding steroid dienone is 4. The second kappa shape index (κ2) is 9.31. The summed E-state index contributed by atoms with van der Waals surface area (Å²) in [4.78, 5) is 9.59. The molecule has 0 aromatic heterocycles. The number of nitrogens with zero attached hydrogens (tertiary/aromatic N) is 2. The average Bonchev–Trinajstić information content (AvgIpc) is 2.69. The van der Waals surface area contributed by atoms with E-state index in [2.05, 4.69) is 10.6 Å². The van der Waals surface area contributed by atoms with Gasteiger partial charge in [-0.3, -0.25) is 9.98 Å². The highest BCUT2D eigenvalue weighted by molar-refractivity contribution is 5.98. The number of anilines is 2. The maximum atomic E-state index is 5.38. The summed E-state index contributed by atoms with van der Waals surface area (Å²) in [5.41, 5.74) is 7.05. The van der Waals surface area contributed by atoms with Crippen LogP contribution in [0.15, 0.2) is 69.9 Å². The number of rotatable bonds is 2. The monoisotopic (exact) mass is 404 g/mol. The number of nitrogens with one attached hydrogen (secondary N) is 2. The number of hydrogen-bond acceptors (Lipinski definition) is 6. The molecule has 0 fully saturated rings. The smallest absolute Gasteiger partial charge is 0.121 e. The van der Waals surface area contributed by atoms with Crippen LogP contribution < -0.4 is 20.1 Å². The van der Waals surface area contributed by atoms with Crippen molar-refractivity contribution in [3.8, 4) is 11.5 Å². The summed E-state index contributed by atoms with van der Waals surface area (Å²) < 4.78 is 10.8. The Morgan fingerprint density at radius 2 is 1.03 bits per heavy atom. The van der Waals surface area contributed by atoms with Crippen molar-refractivity contribution in [3.05, 3.63) is 59.9 Å². The molecule has 0 aliphatic carbocycles. The lowest BCUT2D eigenvalue weighted by Gasteiger charge is -2.14. The number of methoxy groups -OCH3 is 2. The van der Waals surface area contributed by atoms with E-state index in [1.54, 1.807) is 14.2 Å². The Morgan fingerprint density at radius 3 is 1.40 bits per heavy atom. The molecule has 6 heteroatoms. The summed E-state index contributed by atoms with van der Waals surface area (Å²) in [6, 6.07) is 11.6. The lowest BCUT2D eigenvalue weighted by atomic mass is 10.2. The second-order valence-electron chi connectivity index (χ2n) is 7.18. The zero-order chi connectivity index (χ0) is 21.7. The Balaban J connectivity index is 2.14. The van der Waals surface area contributed by atoms with E-state index in [1.165, 1.54) is 0 Å². The third-order valence-electron chi connectivity index (χ3n) is 4.52. The summed E-state index contributed by atoms with van der Waals surface area (Å²) in [5, 5.41) is 6.86. The molecule has 0 spiro atoms. The summed E-state index contributed by atoms with van der Waals surface area (Å²) in [6.45, 7) is 7.95. The first kappa shape index (κ1) is 21.2. The Kier molecular flexibility index (Phi) is 6.57. The maximum absolute atomic E-state index is 5.38. The van der Waals surface area contributed by atoms with Crippen LogP contribution in [0.1, 0.15) is 27.7 Å². The molecule has 30 heavy (non-hydrogen) atoms. The highest BCUT2D eigenvalue weighted by atomic mass is 16.5. The van der Waals surface area contributed by atoms with Crippen molar-refractivity contribution in [1.29, 1.82) is 0 Å². The van der Waals surface area contributed by atoms with E-state index in [1.807, 2.05) is 76.2 Å². The van der Waals surface area contributed by atoms with Gasteiger partial charge in [-0.25, -0.2) is 0 Å². The molecule has 0 radical (unpaired) electrons. The maximum Gasteiger partial charge on any atom is 0.121 e. The highest BCUT2D eigenvalue weighted by Crippen LogP contribution is 2.33. The molecule has 0 unspecified atom stereocenters. The number of hydrogen-bond donors (Lipinski definition) is 2. The summed E-state index contributed by atoms with van der Waals surface area (Å²) in [6.07, 6.45) is 4.00. The molecule has 0 saturated heterocycles. The number of ether oxygens (including phenoxy) is 2. The van der Waals surface area contributed by atoms with Crippen molar-refractivity contribution in [1.82, 2.24) is 0 Å². The fourth-order valence-electron chi connectivity index (χ4n) is 3.25. The molecule has 6 nitrogen and oxygen atoms in total. The van der Waals surface area contributed by atoms with Gasteiger partial charge in [0.25, 0.3) is 0 Å². The Morgan fingerprint density at radius 1 is 0.633 bits per heavy atom. The molecule has 2 aromatic carbocycles. The zero-order valence-electron chi connectivity index (χ0n) is 18.3. The van der Waals surface area contributed by atoms with Crippen LogP contribution in [0.3, 0.4) is 0 Å². The van der Waals surface area contributed by atoms with Gasteiger partial charge in [0, 0.05) is 35.0 Å². The molecule has 0 amide bonds. The van der Waals surface area contributed by atoms with E-state index in [0.717, 1.165) is 57.1 Å². The predicted molar refractivity (Wildman–Crippen MR) is 126 cm³/mol. The summed E-state index contributed by atoms with van der Waals surface area (Å²) >= 11 is 0. The first-order valence-corrected chi connectivity index (χ1v) is 9.75. The van der Waals surface area contributed by atoms with Crippen molar-refractivity contribution in [2.24, 2.45) is 9.98 Å². The lowest BCUT2D eigenvalue weighted by molar-refractivity contribution is 0.415. The van der Waals surface area contributed by atoms with Gasteiger partial charge in [-0.2, -0.15) is 0 Å². The summed E-state index contributed by atoms with van der Waals surface area (Å²) in [5.74, 6) is 1.54. The molecule has 3 rings (SSSR count). The van der Waals surface area contributed by atoms with Crippen molar-refractivity contribution in [2.75, 3.05) is 24.9 Å². The lowest BCUT2D eigenvalue weighted by Crippen LogP contribution is -2.02. The normalized spacial score (nSPS) is 17.8. The van der Waals surface area contributed by atoms with Gasteiger partial charge in [0.15, 0.2) is 0 Å². The third kappa shape index (κ3) is 5.29. The molecule has 0 atom stereocenters. The molecule has 1 heterocycles. The standard InChI is InChI=1S/C24H28N4O2/c1-15-11-17(3)27-24-14-20(30-6)8-10-22(24)26-16(2)12-18(4)28-23-13-19(29-5)7-9-21(23)25-15/h7-14,27-28H,1-6H3/b17-11-,18-12-,25-15?,26-16?. The van der Waals surface area contributed by atoms with Gasteiger partial charge in [-0.05, 0) is 64.1 Å². The van der Waals surface area contributed by atoms with Gasteiger partial charge in [-0.1, -0.05) is 0 Å². The fraction of sp³-hybridized carbons (Fsp3) is 0.250. The van der Waals surface area contributed by atoms with Crippen LogP contribution in [0.4, 0.5) is 22.7 Å². The Bertz CT molecular complexity index is 979. The summed E-state index contributed by atoms with van der Waals surface area (Å²) in [7, 11) is 3.31. The van der Waals surface area contributed by atoms with Crippen LogP contribution >= 0.6 is 0 Å². The van der Waals surface area contributed by atoms with Crippen LogP contribution in [0.5, 0.6) is 11.5 Å². The molecular formula is C24H28N4O2. The van der Waals surface area contributed by atoms with Crippen molar-refractivity contribution >= 4 is 34.2 Å². The van der Waals surface area contributed by atoms with Gasteiger partial charge in [0.05, 0.1) is 37.0 Å².